The highest BCUT2D eigenvalue weighted by Gasteiger charge is 2.34. The number of benzene rings is 3. The molecule has 0 atom stereocenters. The average molecular weight is 548 g/mol. The Hall–Kier alpha value is -4.37. The Morgan fingerprint density at radius 3 is 2.49 bits per heavy atom. The van der Waals surface area contributed by atoms with Gasteiger partial charge in [-0.15, -0.1) is 0 Å². The summed E-state index contributed by atoms with van der Waals surface area (Å²) >= 11 is 0.994. The van der Waals surface area contributed by atoms with Gasteiger partial charge in [0.05, 0.1) is 18.6 Å². The first-order chi connectivity index (χ1) is 18.8. The summed E-state index contributed by atoms with van der Waals surface area (Å²) in [6.45, 7) is 3.75. The quantitative estimate of drug-likeness (QED) is 0.325. The van der Waals surface area contributed by atoms with Crippen molar-refractivity contribution in [2.45, 2.75) is 20.5 Å². The molecule has 0 bridgehead atoms. The number of aliphatic hydroxyl groups excluding tert-OH is 1. The Morgan fingerprint density at radius 1 is 1.05 bits per heavy atom. The van der Waals surface area contributed by atoms with Gasteiger partial charge in [-0.05, 0) is 66.9 Å². The van der Waals surface area contributed by atoms with Crippen molar-refractivity contribution < 1.29 is 33.3 Å². The molecule has 1 heterocycles. The summed E-state index contributed by atoms with van der Waals surface area (Å²) in [4.78, 5) is 30.0. The number of aliphatic imine (C=N–C) groups is 1. The summed E-state index contributed by atoms with van der Waals surface area (Å²) < 4.78 is 29.6. The molecule has 0 saturated carbocycles. The molecule has 9 heteroatoms. The van der Waals surface area contributed by atoms with Crippen molar-refractivity contribution in [3.63, 3.8) is 0 Å². The van der Waals surface area contributed by atoms with E-state index in [-0.39, 0.29) is 35.4 Å². The van der Waals surface area contributed by atoms with E-state index in [4.69, 9.17) is 14.2 Å². The second-order valence-electron chi connectivity index (χ2n) is 8.42. The fourth-order valence-corrected chi connectivity index (χ4v) is 4.76. The standard InChI is InChI=1S/C30H26FNO6S/c1-4-37-30(35)26-27(33)25(39-29(26)32-28(34)22-8-6-5-7-18(22)2)16-20-11-14-23(24(15-20)36-3)38-17-19-9-12-21(31)13-10-19/h5-16,33H,4,17H2,1-3H3/b25-16-,32-29?. The lowest BCUT2D eigenvalue weighted by molar-refractivity contribution is -0.138. The van der Waals surface area contributed by atoms with Crippen LogP contribution in [0.4, 0.5) is 4.39 Å². The Morgan fingerprint density at radius 2 is 1.79 bits per heavy atom. The van der Waals surface area contributed by atoms with Gasteiger partial charge in [0.25, 0.3) is 5.91 Å². The molecule has 0 unspecified atom stereocenters. The number of carbonyl (C=O) groups excluding carboxylic acids is 2. The van der Waals surface area contributed by atoms with E-state index in [0.29, 0.717) is 27.5 Å². The number of halogens is 1. The Balaban J connectivity index is 1.62. The molecule has 0 spiro atoms. The molecule has 3 aromatic carbocycles. The monoisotopic (exact) mass is 547 g/mol. The predicted octanol–water partition coefficient (Wildman–Crippen LogP) is 6.42. The summed E-state index contributed by atoms with van der Waals surface area (Å²) in [5, 5.41) is 11.0. The lowest BCUT2D eigenvalue weighted by Crippen LogP contribution is -2.14. The normalized spacial score (nSPS) is 15.1. The van der Waals surface area contributed by atoms with Crippen LogP contribution in [0.15, 0.2) is 88.0 Å². The van der Waals surface area contributed by atoms with Gasteiger partial charge in [-0.3, -0.25) is 4.79 Å². The molecule has 0 radical (unpaired) electrons. The molecule has 0 fully saturated rings. The molecule has 0 aromatic heterocycles. The molecule has 0 aliphatic carbocycles. The van der Waals surface area contributed by atoms with Gasteiger partial charge in [-0.2, -0.15) is 0 Å². The smallest absolute Gasteiger partial charge is 0.344 e. The van der Waals surface area contributed by atoms with Crippen LogP contribution in [-0.2, 0) is 16.1 Å². The van der Waals surface area contributed by atoms with E-state index in [1.165, 1.54) is 19.2 Å². The van der Waals surface area contributed by atoms with Gasteiger partial charge in [-0.25, -0.2) is 14.2 Å². The number of nitrogens with zero attached hydrogens (tertiary/aromatic N) is 1. The predicted molar refractivity (Wildman–Crippen MR) is 149 cm³/mol. The third kappa shape index (κ3) is 6.56. The van der Waals surface area contributed by atoms with Crippen molar-refractivity contribution in [3.05, 3.63) is 111 Å². The highest BCUT2D eigenvalue weighted by Crippen LogP contribution is 2.40. The van der Waals surface area contributed by atoms with E-state index >= 15 is 0 Å². The van der Waals surface area contributed by atoms with Crippen molar-refractivity contribution in [1.29, 1.82) is 0 Å². The molecule has 4 rings (SSSR count). The largest absolute Gasteiger partial charge is 0.506 e. The highest BCUT2D eigenvalue weighted by atomic mass is 32.2. The van der Waals surface area contributed by atoms with Crippen LogP contribution in [0, 0.1) is 12.7 Å². The molecule has 39 heavy (non-hydrogen) atoms. The lowest BCUT2D eigenvalue weighted by atomic mass is 10.1. The van der Waals surface area contributed by atoms with Crippen molar-refractivity contribution in [2.24, 2.45) is 4.99 Å². The summed E-state index contributed by atoms with van der Waals surface area (Å²) in [7, 11) is 1.50. The molecular weight excluding hydrogens is 521 g/mol. The summed E-state index contributed by atoms with van der Waals surface area (Å²) in [6, 6.07) is 18.1. The zero-order chi connectivity index (χ0) is 27.9. The van der Waals surface area contributed by atoms with Gasteiger partial charge < -0.3 is 19.3 Å². The zero-order valence-electron chi connectivity index (χ0n) is 21.6. The van der Waals surface area contributed by atoms with E-state index in [2.05, 4.69) is 4.99 Å². The van der Waals surface area contributed by atoms with Crippen molar-refractivity contribution in [1.82, 2.24) is 0 Å². The highest BCUT2D eigenvalue weighted by molar-refractivity contribution is 8.18. The number of thioether (sulfide) groups is 1. The third-order valence-corrected chi connectivity index (χ3v) is 6.76. The minimum atomic E-state index is -0.774. The van der Waals surface area contributed by atoms with E-state index in [0.717, 1.165) is 22.9 Å². The fraction of sp³-hybridized carbons (Fsp3) is 0.167. The summed E-state index contributed by atoms with van der Waals surface area (Å²) in [5.41, 5.74) is 2.41. The zero-order valence-corrected chi connectivity index (χ0v) is 22.4. The number of hydrogen-bond donors (Lipinski definition) is 1. The van der Waals surface area contributed by atoms with E-state index in [1.807, 2.05) is 6.07 Å². The number of rotatable bonds is 8. The molecule has 1 N–H and O–H groups in total. The molecule has 1 aliphatic rings. The number of esters is 1. The van der Waals surface area contributed by atoms with Crippen molar-refractivity contribution in [3.8, 4) is 11.5 Å². The van der Waals surface area contributed by atoms with Gasteiger partial charge in [-0.1, -0.05) is 48.2 Å². The van der Waals surface area contributed by atoms with Crippen LogP contribution < -0.4 is 9.47 Å². The third-order valence-electron chi connectivity index (χ3n) is 5.74. The SMILES string of the molecule is CCOC(=O)C1=C(O)/C(=C/c2ccc(OCc3ccc(F)cc3)c(OC)c2)SC1=NC(=O)c1ccccc1C. The molecular formula is C30H26FNO6S. The molecule has 1 aliphatic heterocycles. The Labute approximate surface area is 229 Å². The number of aryl methyl sites for hydroxylation is 1. The summed E-state index contributed by atoms with van der Waals surface area (Å²) in [5.74, 6) is -1.05. The van der Waals surface area contributed by atoms with Gasteiger partial charge >= 0.3 is 5.97 Å². The lowest BCUT2D eigenvalue weighted by Gasteiger charge is -2.12. The first-order valence-corrected chi connectivity index (χ1v) is 12.9. The van der Waals surface area contributed by atoms with Gasteiger partial charge in [0.2, 0.25) is 0 Å². The number of aliphatic hydroxyl groups is 1. The second-order valence-corrected chi connectivity index (χ2v) is 9.45. The topological polar surface area (TPSA) is 94.4 Å². The van der Waals surface area contributed by atoms with Crippen LogP contribution >= 0.6 is 11.8 Å². The molecule has 200 valence electrons. The second kappa shape index (κ2) is 12.4. The van der Waals surface area contributed by atoms with Crippen molar-refractivity contribution in [2.75, 3.05) is 13.7 Å². The van der Waals surface area contributed by atoms with E-state index < -0.39 is 11.9 Å². The van der Waals surface area contributed by atoms with E-state index in [1.54, 1.807) is 68.5 Å². The molecule has 0 saturated heterocycles. The Bertz CT molecular complexity index is 1490. The minimum Gasteiger partial charge on any atom is -0.506 e. The van der Waals surface area contributed by atoms with E-state index in [9.17, 15) is 19.1 Å². The van der Waals surface area contributed by atoms with Gasteiger partial charge in [0.15, 0.2) is 11.5 Å². The van der Waals surface area contributed by atoms with Crippen LogP contribution in [0.3, 0.4) is 0 Å². The van der Waals surface area contributed by atoms with Crippen LogP contribution in [0.5, 0.6) is 11.5 Å². The maximum absolute atomic E-state index is 13.2. The van der Waals surface area contributed by atoms with Crippen LogP contribution in [-0.4, -0.2) is 35.7 Å². The first kappa shape index (κ1) is 27.7. The van der Waals surface area contributed by atoms with Gasteiger partial charge in [0.1, 0.15) is 28.8 Å². The number of ether oxygens (including phenoxy) is 3. The minimum absolute atomic E-state index is 0.0525. The molecule has 1 amide bonds. The maximum atomic E-state index is 13.2. The Kier molecular flexibility index (Phi) is 8.83. The fourth-order valence-electron chi connectivity index (χ4n) is 3.74. The van der Waals surface area contributed by atoms with Crippen molar-refractivity contribution >= 4 is 34.8 Å². The maximum Gasteiger partial charge on any atom is 0.344 e. The number of carbonyl (C=O) groups is 2. The average Bonchev–Trinajstić information content (AvgIpc) is 3.22. The first-order valence-electron chi connectivity index (χ1n) is 12.0. The number of amides is 1. The number of hydrogen-bond acceptors (Lipinski definition) is 7. The molecule has 3 aromatic rings. The van der Waals surface area contributed by atoms with Crippen LogP contribution in [0.25, 0.3) is 6.08 Å². The van der Waals surface area contributed by atoms with Crippen LogP contribution in [0.2, 0.25) is 0 Å². The number of methoxy groups -OCH3 is 1. The van der Waals surface area contributed by atoms with Crippen LogP contribution in [0.1, 0.15) is 34.0 Å². The van der Waals surface area contributed by atoms with Gasteiger partial charge in [0, 0.05) is 5.56 Å². The molecule has 7 nitrogen and oxygen atoms in total. The summed E-state index contributed by atoms with van der Waals surface area (Å²) in [6.07, 6.45) is 1.65.